The van der Waals surface area contributed by atoms with E-state index in [9.17, 15) is 26.4 Å². The maximum Gasteiger partial charge on any atom is 0.419 e. The van der Waals surface area contributed by atoms with Gasteiger partial charge in [0.25, 0.3) is 0 Å². The number of rotatable bonds is 8. The minimum absolute atomic E-state index is 0.0501. The number of terminal acetylenes is 1. The highest BCUT2D eigenvalue weighted by Gasteiger charge is 2.35. The molecule has 0 saturated heterocycles. The smallest absolute Gasteiger partial charge is 0.324 e. The Labute approximate surface area is 217 Å². The van der Waals surface area contributed by atoms with Crippen LogP contribution >= 0.6 is 0 Å². The molecule has 0 saturated carbocycles. The molecule has 1 N–H and O–H groups in total. The Kier molecular flexibility index (Phi) is 7.28. The van der Waals surface area contributed by atoms with Crippen LogP contribution in [0.3, 0.4) is 0 Å². The van der Waals surface area contributed by atoms with Crippen LogP contribution in [-0.4, -0.2) is 49.1 Å². The number of nitrogens with zero attached hydrogens (tertiary/aromatic N) is 5. The van der Waals surface area contributed by atoms with Crippen LogP contribution in [0.5, 0.6) is 0 Å². The standard InChI is InChI=1S/C25H23F3N6O3S/c1-4-12-34-21-10-8-18(13-17(21)14-22(34)35)31-24-30-15-19(25(26,27)28)20(32-24)9-7-16-6-5-11-29-23(16)33(2)38(3,36)37/h1,5-6,8,10-11,13,15H,7,9,12,14H2,2-3H3,(H,30,31,32). The number of nitrogens with one attached hydrogen (secondary N) is 1. The van der Waals surface area contributed by atoms with Crippen molar-refractivity contribution >= 4 is 39.1 Å². The number of carbonyl (C=O) groups excluding carboxylic acids is 1. The summed E-state index contributed by atoms with van der Waals surface area (Å²) in [6, 6.07) is 8.24. The van der Waals surface area contributed by atoms with Crippen molar-refractivity contribution in [1.29, 1.82) is 0 Å². The Balaban J connectivity index is 1.60. The summed E-state index contributed by atoms with van der Waals surface area (Å²) in [6.07, 6.45) is 3.83. The van der Waals surface area contributed by atoms with Gasteiger partial charge in [-0.05, 0) is 48.2 Å². The Morgan fingerprint density at radius 3 is 2.66 bits per heavy atom. The normalized spacial score (nSPS) is 13.3. The van der Waals surface area contributed by atoms with E-state index in [4.69, 9.17) is 6.42 Å². The minimum Gasteiger partial charge on any atom is -0.324 e. The number of amides is 1. The Bertz CT molecular complexity index is 1540. The molecular formula is C25H23F3N6O3S. The van der Waals surface area contributed by atoms with Gasteiger partial charge in [-0.25, -0.2) is 23.4 Å². The molecule has 3 heterocycles. The van der Waals surface area contributed by atoms with Gasteiger partial charge >= 0.3 is 6.18 Å². The largest absolute Gasteiger partial charge is 0.419 e. The lowest BCUT2D eigenvalue weighted by atomic mass is 10.1. The van der Waals surface area contributed by atoms with Crippen LogP contribution in [0.15, 0.2) is 42.7 Å². The zero-order valence-corrected chi connectivity index (χ0v) is 21.3. The van der Waals surface area contributed by atoms with E-state index in [1.807, 2.05) is 0 Å². The number of pyridine rings is 1. The summed E-state index contributed by atoms with van der Waals surface area (Å²) in [6.45, 7) is 0.141. The zero-order chi connectivity index (χ0) is 27.7. The summed E-state index contributed by atoms with van der Waals surface area (Å²) in [5.41, 5.74) is 1.09. The molecule has 1 aliphatic rings. The number of alkyl halides is 3. The molecule has 0 aliphatic carbocycles. The number of hydrogen-bond acceptors (Lipinski definition) is 7. The molecule has 0 fully saturated rings. The molecule has 9 nitrogen and oxygen atoms in total. The first-order valence-corrected chi connectivity index (χ1v) is 13.2. The highest BCUT2D eigenvalue weighted by molar-refractivity contribution is 7.92. The molecule has 0 unspecified atom stereocenters. The highest BCUT2D eigenvalue weighted by Crippen LogP contribution is 2.34. The molecule has 1 aliphatic heterocycles. The number of sulfonamides is 1. The van der Waals surface area contributed by atoms with Crippen LogP contribution in [0.4, 0.5) is 36.3 Å². The lowest BCUT2D eigenvalue weighted by Crippen LogP contribution is -2.27. The molecular weight excluding hydrogens is 521 g/mol. The quantitative estimate of drug-likeness (QED) is 0.434. The van der Waals surface area contributed by atoms with Gasteiger partial charge in [-0.2, -0.15) is 13.2 Å². The summed E-state index contributed by atoms with van der Waals surface area (Å²) >= 11 is 0. The number of anilines is 4. The first kappa shape index (κ1) is 26.9. The monoisotopic (exact) mass is 544 g/mol. The molecule has 1 amide bonds. The van der Waals surface area contributed by atoms with Crippen LogP contribution in [-0.2, 0) is 40.3 Å². The van der Waals surface area contributed by atoms with Crippen molar-refractivity contribution in [1.82, 2.24) is 15.0 Å². The van der Waals surface area contributed by atoms with Crippen molar-refractivity contribution in [2.24, 2.45) is 0 Å². The third-order valence-electron chi connectivity index (χ3n) is 5.99. The molecule has 4 rings (SSSR count). The summed E-state index contributed by atoms with van der Waals surface area (Å²) in [7, 11) is -2.30. The van der Waals surface area contributed by atoms with Gasteiger partial charge in [0, 0.05) is 30.8 Å². The molecule has 38 heavy (non-hydrogen) atoms. The summed E-state index contributed by atoms with van der Waals surface area (Å²) in [4.78, 5) is 25.8. The minimum atomic E-state index is -4.69. The van der Waals surface area contributed by atoms with Gasteiger partial charge in [0.2, 0.25) is 21.9 Å². The second-order valence-electron chi connectivity index (χ2n) is 8.60. The fraction of sp³-hybridized carbons (Fsp3) is 0.280. The van der Waals surface area contributed by atoms with E-state index in [0.29, 0.717) is 23.1 Å². The van der Waals surface area contributed by atoms with E-state index < -0.39 is 21.8 Å². The molecule has 0 spiro atoms. The van der Waals surface area contributed by atoms with E-state index in [2.05, 4.69) is 26.2 Å². The summed E-state index contributed by atoms with van der Waals surface area (Å²) < 4.78 is 66.1. The molecule has 2 aromatic heterocycles. The van der Waals surface area contributed by atoms with Crippen LogP contribution in [0, 0.1) is 12.3 Å². The van der Waals surface area contributed by atoms with Gasteiger partial charge in [0.1, 0.15) is 5.82 Å². The SMILES string of the molecule is C#CCN1C(=O)Cc2cc(Nc3ncc(C(F)(F)F)c(CCc4cccnc4N(C)S(C)(=O)=O)n3)ccc21. The van der Waals surface area contributed by atoms with E-state index in [1.165, 1.54) is 18.1 Å². The fourth-order valence-electron chi connectivity index (χ4n) is 4.08. The first-order valence-electron chi connectivity index (χ1n) is 11.3. The number of aromatic nitrogens is 3. The highest BCUT2D eigenvalue weighted by atomic mass is 32.2. The Hall–Kier alpha value is -4.18. The average molecular weight is 545 g/mol. The van der Waals surface area contributed by atoms with Gasteiger partial charge in [0.05, 0.1) is 30.5 Å². The topological polar surface area (TPSA) is 108 Å². The van der Waals surface area contributed by atoms with Crippen LogP contribution < -0.4 is 14.5 Å². The average Bonchev–Trinajstić information content (AvgIpc) is 3.15. The number of carbonyl (C=O) groups is 1. The zero-order valence-electron chi connectivity index (χ0n) is 20.5. The number of halogens is 3. The van der Waals surface area contributed by atoms with E-state index in [1.54, 1.807) is 30.3 Å². The van der Waals surface area contributed by atoms with Gasteiger partial charge in [-0.15, -0.1) is 6.42 Å². The van der Waals surface area contributed by atoms with Crippen molar-refractivity contribution in [3.63, 3.8) is 0 Å². The van der Waals surface area contributed by atoms with Crippen molar-refractivity contribution in [3.05, 3.63) is 65.1 Å². The van der Waals surface area contributed by atoms with Crippen molar-refractivity contribution in [3.8, 4) is 12.3 Å². The van der Waals surface area contributed by atoms with Crippen molar-refractivity contribution < 1.29 is 26.4 Å². The van der Waals surface area contributed by atoms with E-state index >= 15 is 0 Å². The predicted octanol–water partition coefficient (Wildman–Crippen LogP) is 3.34. The van der Waals surface area contributed by atoms with E-state index in [0.717, 1.165) is 16.1 Å². The third kappa shape index (κ3) is 5.70. The van der Waals surface area contributed by atoms with Gasteiger partial charge in [-0.3, -0.25) is 9.10 Å². The van der Waals surface area contributed by atoms with Crippen molar-refractivity contribution in [2.75, 3.05) is 34.4 Å². The molecule has 3 aromatic rings. The maximum atomic E-state index is 13.7. The number of aryl methyl sites for hydroxylation is 2. The number of hydrogen-bond donors (Lipinski definition) is 1. The molecule has 1 aromatic carbocycles. The maximum absolute atomic E-state index is 13.7. The molecule has 13 heteroatoms. The molecule has 0 radical (unpaired) electrons. The Morgan fingerprint density at radius 2 is 1.97 bits per heavy atom. The summed E-state index contributed by atoms with van der Waals surface area (Å²) in [5, 5.41) is 2.90. The molecule has 0 bridgehead atoms. The second kappa shape index (κ2) is 10.3. The van der Waals surface area contributed by atoms with Crippen LogP contribution in [0.25, 0.3) is 0 Å². The lowest BCUT2D eigenvalue weighted by Gasteiger charge is -2.19. The fourth-order valence-corrected chi connectivity index (χ4v) is 4.56. The Morgan fingerprint density at radius 1 is 1.21 bits per heavy atom. The number of benzene rings is 1. The van der Waals surface area contributed by atoms with Gasteiger partial charge < -0.3 is 10.2 Å². The molecule has 0 atom stereocenters. The molecule has 198 valence electrons. The van der Waals surface area contributed by atoms with Crippen LogP contribution in [0.1, 0.15) is 22.4 Å². The van der Waals surface area contributed by atoms with Gasteiger partial charge in [0.15, 0.2) is 0 Å². The van der Waals surface area contributed by atoms with E-state index in [-0.39, 0.29) is 49.2 Å². The van der Waals surface area contributed by atoms with Gasteiger partial charge in [-0.1, -0.05) is 12.0 Å². The third-order valence-corrected chi connectivity index (χ3v) is 7.15. The number of fused-ring (bicyclic) bond motifs is 1. The predicted molar refractivity (Wildman–Crippen MR) is 137 cm³/mol. The lowest BCUT2D eigenvalue weighted by molar-refractivity contribution is -0.138. The van der Waals surface area contributed by atoms with Crippen molar-refractivity contribution in [2.45, 2.75) is 25.4 Å². The first-order chi connectivity index (χ1) is 17.9. The second-order valence-corrected chi connectivity index (χ2v) is 10.6. The van der Waals surface area contributed by atoms with Crippen LogP contribution in [0.2, 0.25) is 0 Å². The summed E-state index contributed by atoms with van der Waals surface area (Å²) in [5.74, 6) is 2.37.